The molecule has 3 N–H and O–H groups in total. The van der Waals surface area contributed by atoms with Gasteiger partial charge in [0.1, 0.15) is 5.82 Å². The molecule has 1 rings (SSSR count). The van der Waals surface area contributed by atoms with E-state index in [1.165, 1.54) is 6.07 Å². The van der Waals surface area contributed by atoms with Crippen LogP contribution in [0.2, 0.25) is 0 Å². The zero-order valence-corrected chi connectivity index (χ0v) is 11.6. The van der Waals surface area contributed by atoms with Crippen LogP contribution in [0.25, 0.3) is 0 Å². The Morgan fingerprint density at radius 3 is 2.63 bits per heavy atom. The molecule has 1 amide bonds. The SMILES string of the molecule is CCC(C)CS(=O)(=O)Nc1ccc(F)c(C(N)=O)c1. The third-order valence-electron chi connectivity index (χ3n) is 2.71. The van der Waals surface area contributed by atoms with Crippen molar-refractivity contribution in [3.05, 3.63) is 29.6 Å². The van der Waals surface area contributed by atoms with Crippen molar-refractivity contribution in [2.24, 2.45) is 11.7 Å². The van der Waals surface area contributed by atoms with E-state index in [0.717, 1.165) is 18.6 Å². The predicted molar refractivity (Wildman–Crippen MR) is 71.8 cm³/mol. The van der Waals surface area contributed by atoms with Crippen molar-refractivity contribution in [1.29, 1.82) is 0 Å². The minimum absolute atomic E-state index is 0.00793. The van der Waals surface area contributed by atoms with E-state index in [1.54, 1.807) is 0 Å². The number of carbonyl (C=O) groups is 1. The number of nitrogens with two attached hydrogens (primary N) is 1. The molecular formula is C12H17FN2O3S. The molecule has 0 fully saturated rings. The molecule has 1 aromatic carbocycles. The van der Waals surface area contributed by atoms with Gasteiger partial charge in [0.05, 0.1) is 11.3 Å². The molecule has 0 heterocycles. The Balaban J connectivity index is 2.94. The van der Waals surface area contributed by atoms with Gasteiger partial charge in [-0.3, -0.25) is 9.52 Å². The minimum atomic E-state index is -3.53. The Labute approximate surface area is 112 Å². The van der Waals surface area contributed by atoms with Gasteiger partial charge in [0.25, 0.3) is 5.91 Å². The lowest BCUT2D eigenvalue weighted by molar-refractivity contribution is 0.0996. The standard InChI is InChI=1S/C12H17FN2O3S/c1-3-8(2)7-19(17,18)15-9-4-5-11(13)10(6-9)12(14)16/h4-6,8,15H,3,7H2,1-2H3,(H2,14,16). The van der Waals surface area contributed by atoms with E-state index in [9.17, 15) is 17.6 Å². The van der Waals surface area contributed by atoms with Gasteiger partial charge in [-0.05, 0) is 24.1 Å². The molecule has 0 aliphatic carbocycles. The Morgan fingerprint density at radius 1 is 1.47 bits per heavy atom. The maximum absolute atomic E-state index is 13.2. The Morgan fingerprint density at radius 2 is 2.11 bits per heavy atom. The topological polar surface area (TPSA) is 89.3 Å². The fourth-order valence-corrected chi connectivity index (χ4v) is 3.05. The highest BCUT2D eigenvalue weighted by molar-refractivity contribution is 7.92. The van der Waals surface area contributed by atoms with Gasteiger partial charge in [-0.15, -0.1) is 0 Å². The maximum Gasteiger partial charge on any atom is 0.251 e. The van der Waals surface area contributed by atoms with Gasteiger partial charge in [0.2, 0.25) is 10.0 Å². The van der Waals surface area contributed by atoms with Crippen molar-refractivity contribution in [2.75, 3.05) is 10.5 Å². The van der Waals surface area contributed by atoms with E-state index in [0.29, 0.717) is 0 Å². The summed E-state index contributed by atoms with van der Waals surface area (Å²) in [6.07, 6.45) is 0.733. The second-order valence-electron chi connectivity index (χ2n) is 4.46. The fourth-order valence-electron chi connectivity index (χ4n) is 1.49. The van der Waals surface area contributed by atoms with Crippen LogP contribution in [0.15, 0.2) is 18.2 Å². The van der Waals surface area contributed by atoms with Crippen molar-refractivity contribution in [1.82, 2.24) is 0 Å². The summed E-state index contributed by atoms with van der Waals surface area (Å²) in [6, 6.07) is 3.34. The normalized spacial score (nSPS) is 13.0. The number of primary amides is 1. The zero-order valence-electron chi connectivity index (χ0n) is 10.8. The Kier molecular flexibility index (Phi) is 4.88. The van der Waals surface area contributed by atoms with Crippen LogP contribution in [0.1, 0.15) is 30.6 Å². The van der Waals surface area contributed by atoms with Crippen LogP contribution in [0.4, 0.5) is 10.1 Å². The van der Waals surface area contributed by atoms with E-state index < -0.39 is 21.7 Å². The molecule has 0 radical (unpaired) electrons. The highest BCUT2D eigenvalue weighted by Crippen LogP contribution is 2.17. The Bertz CT molecular complexity index is 572. The number of benzene rings is 1. The van der Waals surface area contributed by atoms with E-state index in [1.807, 2.05) is 13.8 Å². The van der Waals surface area contributed by atoms with Crippen LogP contribution in [-0.4, -0.2) is 20.1 Å². The van der Waals surface area contributed by atoms with Gasteiger partial charge in [-0.2, -0.15) is 0 Å². The van der Waals surface area contributed by atoms with Gasteiger partial charge < -0.3 is 5.73 Å². The molecule has 0 aromatic heterocycles. The average molecular weight is 288 g/mol. The van der Waals surface area contributed by atoms with Crippen LogP contribution in [0.5, 0.6) is 0 Å². The van der Waals surface area contributed by atoms with E-state index in [2.05, 4.69) is 4.72 Å². The van der Waals surface area contributed by atoms with Crippen LogP contribution in [-0.2, 0) is 10.0 Å². The molecule has 0 aliphatic heterocycles. The third kappa shape index (κ3) is 4.51. The molecular weight excluding hydrogens is 271 g/mol. The molecule has 0 spiro atoms. The second kappa shape index (κ2) is 6.01. The highest BCUT2D eigenvalue weighted by atomic mass is 32.2. The number of nitrogens with one attached hydrogen (secondary N) is 1. The smallest absolute Gasteiger partial charge is 0.251 e. The molecule has 7 heteroatoms. The second-order valence-corrected chi connectivity index (χ2v) is 6.22. The first-order valence-corrected chi connectivity index (χ1v) is 7.50. The molecule has 1 aromatic rings. The summed E-state index contributed by atoms with van der Waals surface area (Å²) in [5.41, 5.74) is 4.77. The number of sulfonamides is 1. The van der Waals surface area contributed by atoms with Gasteiger partial charge in [0, 0.05) is 5.69 Å². The first kappa shape index (κ1) is 15.4. The van der Waals surface area contributed by atoms with Gasteiger partial charge in [-0.25, -0.2) is 12.8 Å². The quantitative estimate of drug-likeness (QED) is 0.835. The molecule has 0 saturated heterocycles. The number of halogens is 1. The monoisotopic (exact) mass is 288 g/mol. The van der Waals surface area contributed by atoms with Gasteiger partial charge >= 0.3 is 0 Å². The summed E-state index contributed by atoms with van der Waals surface area (Å²) in [7, 11) is -3.53. The number of anilines is 1. The van der Waals surface area contributed by atoms with Crippen molar-refractivity contribution >= 4 is 21.6 Å². The molecule has 0 saturated carbocycles. The summed E-state index contributed by atoms with van der Waals surface area (Å²) in [5.74, 6) is -1.75. The zero-order chi connectivity index (χ0) is 14.6. The van der Waals surface area contributed by atoms with Crippen LogP contribution in [0.3, 0.4) is 0 Å². The summed E-state index contributed by atoms with van der Waals surface area (Å²) in [5, 5.41) is 0. The van der Waals surface area contributed by atoms with Crippen molar-refractivity contribution in [3.8, 4) is 0 Å². The Hall–Kier alpha value is -1.63. The summed E-state index contributed by atoms with van der Waals surface area (Å²) >= 11 is 0. The lowest BCUT2D eigenvalue weighted by Gasteiger charge is -2.12. The average Bonchev–Trinajstić information content (AvgIpc) is 2.30. The molecule has 19 heavy (non-hydrogen) atoms. The van der Waals surface area contributed by atoms with Gasteiger partial charge in [-0.1, -0.05) is 20.3 Å². The van der Waals surface area contributed by atoms with E-state index >= 15 is 0 Å². The van der Waals surface area contributed by atoms with Crippen molar-refractivity contribution in [2.45, 2.75) is 20.3 Å². The molecule has 5 nitrogen and oxygen atoms in total. The highest BCUT2D eigenvalue weighted by Gasteiger charge is 2.16. The number of carbonyl (C=O) groups excluding carboxylic acids is 1. The predicted octanol–water partition coefficient (Wildman–Crippen LogP) is 1.71. The van der Waals surface area contributed by atoms with E-state index in [4.69, 9.17) is 5.73 Å². The molecule has 0 bridgehead atoms. The van der Waals surface area contributed by atoms with Crippen LogP contribution < -0.4 is 10.5 Å². The number of amides is 1. The number of rotatable bonds is 6. The van der Waals surface area contributed by atoms with Crippen molar-refractivity contribution in [3.63, 3.8) is 0 Å². The van der Waals surface area contributed by atoms with Crippen LogP contribution >= 0.6 is 0 Å². The first-order chi connectivity index (χ1) is 8.75. The fraction of sp³-hybridized carbons (Fsp3) is 0.417. The molecule has 1 unspecified atom stereocenters. The van der Waals surface area contributed by atoms with Gasteiger partial charge in [0.15, 0.2) is 0 Å². The molecule has 0 aliphatic rings. The number of hydrogen-bond donors (Lipinski definition) is 2. The minimum Gasteiger partial charge on any atom is -0.366 e. The molecule has 1 atom stereocenters. The summed E-state index contributed by atoms with van der Waals surface area (Å²) in [4.78, 5) is 11.0. The first-order valence-electron chi connectivity index (χ1n) is 5.85. The molecule has 106 valence electrons. The van der Waals surface area contributed by atoms with E-state index in [-0.39, 0.29) is 22.9 Å². The summed E-state index contributed by atoms with van der Waals surface area (Å²) < 4.78 is 39.2. The van der Waals surface area contributed by atoms with Crippen LogP contribution in [0, 0.1) is 11.7 Å². The number of hydrogen-bond acceptors (Lipinski definition) is 3. The summed E-state index contributed by atoms with van der Waals surface area (Å²) in [6.45, 7) is 3.71. The largest absolute Gasteiger partial charge is 0.366 e. The lowest BCUT2D eigenvalue weighted by Crippen LogP contribution is -2.21. The maximum atomic E-state index is 13.2. The third-order valence-corrected chi connectivity index (χ3v) is 4.26. The van der Waals surface area contributed by atoms with Crippen molar-refractivity contribution < 1.29 is 17.6 Å². The lowest BCUT2D eigenvalue weighted by atomic mass is 10.2.